The SMILES string of the molecule is Cc1ccccc1CCC(O)Cc1ccc(F)cc1C. The Labute approximate surface area is 120 Å². The standard InChI is InChI=1S/C18H21FO/c1-13-5-3-4-6-15(13)8-10-18(20)12-16-7-9-17(19)11-14(16)2/h3-7,9,11,18,20H,8,10,12H2,1-2H3. The fourth-order valence-corrected chi connectivity index (χ4v) is 2.46. The van der Waals surface area contributed by atoms with Gasteiger partial charge in [0, 0.05) is 0 Å². The van der Waals surface area contributed by atoms with E-state index in [1.807, 2.05) is 19.1 Å². The number of rotatable bonds is 5. The Balaban J connectivity index is 1.92. The van der Waals surface area contributed by atoms with E-state index < -0.39 is 6.10 Å². The molecule has 2 heteroatoms. The number of aliphatic hydroxyl groups is 1. The summed E-state index contributed by atoms with van der Waals surface area (Å²) in [6.07, 6.45) is 1.78. The quantitative estimate of drug-likeness (QED) is 0.873. The highest BCUT2D eigenvalue weighted by Crippen LogP contribution is 2.16. The zero-order valence-corrected chi connectivity index (χ0v) is 12.1. The van der Waals surface area contributed by atoms with E-state index in [9.17, 15) is 9.50 Å². The maximum Gasteiger partial charge on any atom is 0.123 e. The van der Waals surface area contributed by atoms with Crippen molar-refractivity contribution in [3.8, 4) is 0 Å². The monoisotopic (exact) mass is 272 g/mol. The molecule has 2 aromatic carbocycles. The predicted molar refractivity (Wildman–Crippen MR) is 80.3 cm³/mol. The molecule has 0 saturated heterocycles. The van der Waals surface area contributed by atoms with Gasteiger partial charge in [0.25, 0.3) is 0 Å². The van der Waals surface area contributed by atoms with Crippen LogP contribution in [0.3, 0.4) is 0 Å². The van der Waals surface area contributed by atoms with Crippen molar-refractivity contribution in [2.75, 3.05) is 0 Å². The van der Waals surface area contributed by atoms with Crippen molar-refractivity contribution >= 4 is 0 Å². The molecule has 1 unspecified atom stereocenters. The van der Waals surface area contributed by atoms with Crippen molar-refractivity contribution in [1.82, 2.24) is 0 Å². The summed E-state index contributed by atoms with van der Waals surface area (Å²) in [5.41, 5.74) is 4.46. The highest BCUT2D eigenvalue weighted by atomic mass is 19.1. The Hall–Kier alpha value is -1.67. The van der Waals surface area contributed by atoms with Gasteiger partial charge in [0.2, 0.25) is 0 Å². The van der Waals surface area contributed by atoms with Crippen LogP contribution in [0.15, 0.2) is 42.5 Å². The Bertz CT molecular complexity index is 577. The highest BCUT2D eigenvalue weighted by molar-refractivity contribution is 5.28. The van der Waals surface area contributed by atoms with E-state index in [4.69, 9.17) is 0 Å². The molecule has 20 heavy (non-hydrogen) atoms. The van der Waals surface area contributed by atoms with E-state index in [1.165, 1.54) is 23.3 Å². The lowest BCUT2D eigenvalue weighted by atomic mass is 9.97. The summed E-state index contributed by atoms with van der Waals surface area (Å²) >= 11 is 0. The largest absolute Gasteiger partial charge is 0.393 e. The third kappa shape index (κ3) is 3.91. The molecule has 0 heterocycles. The molecule has 0 spiro atoms. The van der Waals surface area contributed by atoms with E-state index in [1.54, 1.807) is 6.07 Å². The van der Waals surface area contributed by atoms with Gasteiger partial charge in [-0.05, 0) is 67.5 Å². The topological polar surface area (TPSA) is 20.2 Å². The lowest BCUT2D eigenvalue weighted by Crippen LogP contribution is -2.13. The summed E-state index contributed by atoms with van der Waals surface area (Å²) in [4.78, 5) is 0. The molecule has 0 saturated carbocycles. The molecule has 0 radical (unpaired) electrons. The molecule has 1 nitrogen and oxygen atoms in total. The van der Waals surface area contributed by atoms with Crippen LogP contribution in [-0.4, -0.2) is 11.2 Å². The first-order chi connectivity index (χ1) is 9.56. The first-order valence-corrected chi connectivity index (χ1v) is 7.04. The molecular formula is C18H21FO. The molecule has 0 amide bonds. The van der Waals surface area contributed by atoms with Gasteiger partial charge in [-0.25, -0.2) is 4.39 Å². The molecule has 2 aromatic rings. The van der Waals surface area contributed by atoms with Gasteiger partial charge in [0.05, 0.1) is 6.10 Å². The van der Waals surface area contributed by atoms with Crippen molar-refractivity contribution in [1.29, 1.82) is 0 Å². The number of aryl methyl sites for hydroxylation is 3. The van der Waals surface area contributed by atoms with Gasteiger partial charge in [-0.15, -0.1) is 0 Å². The average molecular weight is 272 g/mol. The Morgan fingerprint density at radius 3 is 2.45 bits per heavy atom. The number of hydrogen-bond donors (Lipinski definition) is 1. The Morgan fingerprint density at radius 1 is 1.00 bits per heavy atom. The minimum Gasteiger partial charge on any atom is -0.393 e. The lowest BCUT2D eigenvalue weighted by molar-refractivity contribution is 0.165. The normalized spacial score (nSPS) is 12.4. The fraction of sp³-hybridized carbons (Fsp3) is 0.333. The predicted octanol–water partition coefficient (Wildman–Crippen LogP) is 3.98. The van der Waals surface area contributed by atoms with Crippen LogP contribution in [0, 0.1) is 19.7 Å². The van der Waals surface area contributed by atoms with Crippen LogP contribution in [0.5, 0.6) is 0 Å². The van der Waals surface area contributed by atoms with Crippen molar-refractivity contribution in [3.05, 3.63) is 70.5 Å². The molecule has 1 N–H and O–H groups in total. The second-order valence-electron chi connectivity index (χ2n) is 5.39. The summed E-state index contributed by atoms with van der Waals surface area (Å²) in [6.45, 7) is 3.97. The first-order valence-electron chi connectivity index (χ1n) is 7.04. The highest BCUT2D eigenvalue weighted by Gasteiger charge is 2.09. The van der Waals surface area contributed by atoms with Crippen LogP contribution in [0.1, 0.15) is 28.7 Å². The number of benzene rings is 2. The summed E-state index contributed by atoms with van der Waals surface area (Å²) in [5, 5.41) is 10.2. The Morgan fingerprint density at radius 2 is 1.75 bits per heavy atom. The van der Waals surface area contributed by atoms with Crippen molar-refractivity contribution in [2.24, 2.45) is 0 Å². The number of hydrogen-bond acceptors (Lipinski definition) is 1. The van der Waals surface area contributed by atoms with Crippen LogP contribution in [0.25, 0.3) is 0 Å². The van der Waals surface area contributed by atoms with Crippen LogP contribution in [0.4, 0.5) is 4.39 Å². The second-order valence-corrected chi connectivity index (χ2v) is 5.39. The minimum absolute atomic E-state index is 0.222. The van der Waals surface area contributed by atoms with Crippen molar-refractivity contribution < 1.29 is 9.50 Å². The molecule has 0 aliphatic rings. The molecular weight excluding hydrogens is 251 g/mol. The number of halogens is 1. The molecule has 0 aromatic heterocycles. The average Bonchev–Trinajstić information content (AvgIpc) is 2.41. The molecule has 106 valence electrons. The van der Waals surface area contributed by atoms with Gasteiger partial charge in [0.15, 0.2) is 0 Å². The fourth-order valence-electron chi connectivity index (χ4n) is 2.46. The summed E-state index contributed by atoms with van der Waals surface area (Å²) in [6, 6.07) is 13.0. The summed E-state index contributed by atoms with van der Waals surface area (Å²) in [5.74, 6) is -0.222. The molecule has 0 bridgehead atoms. The van der Waals surface area contributed by atoms with Gasteiger partial charge in [0.1, 0.15) is 5.82 Å². The summed E-state index contributed by atoms with van der Waals surface area (Å²) < 4.78 is 13.0. The zero-order valence-electron chi connectivity index (χ0n) is 12.1. The van der Waals surface area contributed by atoms with Gasteiger partial charge >= 0.3 is 0 Å². The van der Waals surface area contributed by atoms with E-state index >= 15 is 0 Å². The van der Waals surface area contributed by atoms with Gasteiger partial charge in [-0.1, -0.05) is 30.3 Å². The van der Waals surface area contributed by atoms with Crippen molar-refractivity contribution in [3.63, 3.8) is 0 Å². The van der Waals surface area contributed by atoms with Crippen LogP contribution < -0.4 is 0 Å². The lowest BCUT2D eigenvalue weighted by Gasteiger charge is -2.13. The number of aliphatic hydroxyl groups excluding tert-OH is 1. The van der Waals surface area contributed by atoms with Crippen LogP contribution in [0.2, 0.25) is 0 Å². The summed E-state index contributed by atoms with van der Waals surface area (Å²) in [7, 11) is 0. The second kappa shape index (κ2) is 6.67. The molecule has 0 fully saturated rings. The Kier molecular flexibility index (Phi) is 4.91. The van der Waals surface area contributed by atoms with Gasteiger partial charge < -0.3 is 5.11 Å². The van der Waals surface area contributed by atoms with Gasteiger partial charge in [-0.3, -0.25) is 0 Å². The van der Waals surface area contributed by atoms with E-state index in [0.29, 0.717) is 6.42 Å². The molecule has 2 rings (SSSR count). The van der Waals surface area contributed by atoms with E-state index in [-0.39, 0.29) is 5.82 Å². The van der Waals surface area contributed by atoms with E-state index in [0.717, 1.165) is 24.0 Å². The molecule has 0 aliphatic heterocycles. The van der Waals surface area contributed by atoms with Gasteiger partial charge in [-0.2, -0.15) is 0 Å². The zero-order chi connectivity index (χ0) is 14.5. The minimum atomic E-state index is -0.390. The third-order valence-corrected chi connectivity index (χ3v) is 3.77. The first kappa shape index (κ1) is 14.7. The molecule has 1 atom stereocenters. The van der Waals surface area contributed by atoms with Crippen LogP contribution in [-0.2, 0) is 12.8 Å². The van der Waals surface area contributed by atoms with E-state index in [2.05, 4.69) is 19.1 Å². The smallest absolute Gasteiger partial charge is 0.123 e. The maximum absolute atomic E-state index is 13.0. The third-order valence-electron chi connectivity index (χ3n) is 3.77. The molecule has 0 aliphatic carbocycles. The maximum atomic E-state index is 13.0. The van der Waals surface area contributed by atoms with Crippen LogP contribution >= 0.6 is 0 Å². The van der Waals surface area contributed by atoms with Crippen molar-refractivity contribution in [2.45, 2.75) is 39.2 Å².